The minimum absolute atomic E-state index is 0.163. The number of hydrogen-bond acceptors (Lipinski definition) is 3. The zero-order valence-electron chi connectivity index (χ0n) is 15.2. The molecule has 2 heterocycles. The first kappa shape index (κ1) is 17.2. The van der Waals surface area contributed by atoms with E-state index < -0.39 is 0 Å². The number of aromatic nitrogens is 2. The Morgan fingerprint density at radius 2 is 1.64 bits per heavy atom. The second-order valence-corrected chi connectivity index (χ2v) is 7.09. The van der Waals surface area contributed by atoms with E-state index in [1.165, 1.54) is 17.3 Å². The molecule has 3 heteroatoms. The molecular weight excluding hydrogens is 308 g/mol. The van der Waals surface area contributed by atoms with Crippen molar-refractivity contribution in [1.82, 2.24) is 9.97 Å². The van der Waals surface area contributed by atoms with Crippen LogP contribution in [0.15, 0.2) is 61.1 Å². The van der Waals surface area contributed by atoms with E-state index >= 15 is 0 Å². The lowest BCUT2D eigenvalue weighted by molar-refractivity contribution is 0.395. The van der Waals surface area contributed by atoms with Crippen molar-refractivity contribution in [3.05, 3.63) is 77.9 Å². The summed E-state index contributed by atoms with van der Waals surface area (Å²) < 4.78 is 0. The van der Waals surface area contributed by atoms with Gasteiger partial charge in [0.15, 0.2) is 0 Å². The predicted octanol–water partition coefficient (Wildman–Crippen LogP) is 5.12. The molecule has 3 rings (SSSR count). The molecule has 25 heavy (non-hydrogen) atoms. The molecule has 0 aliphatic heterocycles. The second-order valence-electron chi connectivity index (χ2n) is 7.09. The highest BCUT2D eigenvalue weighted by molar-refractivity contribution is 5.64. The quantitative estimate of drug-likeness (QED) is 0.721. The molecule has 0 saturated carbocycles. The van der Waals surface area contributed by atoms with Crippen LogP contribution in [0, 0.1) is 12.8 Å². The molecule has 0 bridgehead atoms. The molecule has 1 aromatic carbocycles. The van der Waals surface area contributed by atoms with E-state index in [4.69, 9.17) is 4.98 Å². The molecular formula is C22H24N2O. The average Bonchev–Trinajstić information content (AvgIpc) is 2.61. The molecule has 1 atom stereocenters. The Hall–Kier alpha value is -2.68. The third-order valence-corrected chi connectivity index (χ3v) is 5.14. The Morgan fingerprint density at radius 3 is 2.20 bits per heavy atom. The highest BCUT2D eigenvalue weighted by atomic mass is 16.3. The van der Waals surface area contributed by atoms with E-state index in [0.29, 0.717) is 5.92 Å². The minimum atomic E-state index is -0.163. The number of aryl methyl sites for hydroxylation is 1. The van der Waals surface area contributed by atoms with Crippen LogP contribution in [-0.4, -0.2) is 15.1 Å². The molecule has 1 unspecified atom stereocenters. The molecule has 0 aliphatic carbocycles. The van der Waals surface area contributed by atoms with Crippen molar-refractivity contribution in [2.24, 2.45) is 5.92 Å². The van der Waals surface area contributed by atoms with Crippen molar-refractivity contribution in [1.29, 1.82) is 0 Å². The van der Waals surface area contributed by atoms with Gasteiger partial charge in [0.05, 0.1) is 11.9 Å². The van der Waals surface area contributed by atoms with E-state index in [9.17, 15) is 5.11 Å². The number of rotatable bonds is 4. The lowest BCUT2D eigenvalue weighted by Crippen LogP contribution is -2.31. The van der Waals surface area contributed by atoms with Crippen LogP contribution in [0.4, 0.5) is 0 Å². The SMILES string of the molecule is Cc1ccc(C(C)(c2ccc(-c3cncc(O)c3)cc2)C(C)C)nc1. The molecule has 3 nitrogen and oxygen atoms in total. The van der Waals surface area contributed by atoms with Gasteiger partial charge in [-0.15, -0.1) is 0 Å². The zero-order chi connectivity index (χ0) is 18.0. The Bertz CT molecular complexity index is 854. The molecule has 0 spiro atoms. The third-order valence-electron chi connectivity index (χ3n) is 5.14. The standard InChI is InChI=1S/C22H24N2O/c1-15(2)22(4,21-10-5-16(3)12-24-21)19-8-6-17(7-9-19)18-11-20(25)14-23-13-18/h5-15,25H,1-4H3. The van der Waals surface area contributed by atoms with Gasteiger partial charge in [-0.25, -0.2) is 0 Å². The van der Waals surface area contributed by atoms with Gasteiger partial charge in [-0.2, -0.15) is 0 Å². The third kappa shape index (κ3) is 3.27. The summed E-state index contributed by atoms with van der Waals surface area (Å²) in [4.78, 5) is 8.75. The van der Waals surface area contributed by atoms with Gasteiger partial charge in [0.1, 0.15) is 5.75 Å². The fourth-order valence-corrected chi connectivity index (χ4v) is 3.15. The van der Waals surface area contributed by atoms with Crippen molar-refractivity contribution in [2.45, 2.75) is 33.1 Å². The Kier molecular flexibility index (Phi) is 4.58. The van der Waals surface area contributed by atoms with Gasteiger partial charge in [-0.1, -0.05) is 44.2 Å². The average molecular weight is 332 g/mol. The lowest BCUT2D eigenvalue weighted by Gasteiger charge is -2.34. The maximum Gasteiger partial charge on any atom is 0.134 e. The fourth-order valence-electron chi connectivity index (χ4n) is 3.15. The van der Waals surface area contributed by atoms with E-state index in [1.807, 2.05) is 6.20 Å². The highest BCUT2D eigenvalue weighted by Crippen LogP contribution is 2.38. The summed E-state index contributed by atoms with van der Waals surface area (Å²) in [5, 5.41) is 9.63. The van der Waals surface area contributed by atoms with Crippen LogP contribution in [0.25, 0.3) is 11.1 Å². The summed E-state index contributed by atoms with van der Waals surface area (Å²) in [6, 6.07) is 14.5. The predicted molar refractivity (Wildman–Crippen MR) is 102 cm³/mol. The Morgan fingerprint density at radius 1 is 0.920 bits per heavy atom. The van der Waals surface area contributed by atoms with Gasteiger partial charge in [0.2, 0.25) is 0 Å². The van der Waals surface area contributed by atoms with Gasteiger partial charge in [0.25, 0.3) is 0 Å². The van der Waals surface area contributed by atoms with Gasteiger partial charge in [0, 0.05) is 23.4 Å². The first-order chi connectivity index (χ1) is 11.9. The number of pyridine rings is 2. The van der Waals surface area contributed by atoms with Crippen LogP contribution >= 0.6 is 0 Å². The second kappa shape index (κ2) is 6.67. The van der Waals surface area contributed by atoms with Gasteiger partial charge >= 0.3 is 0 Å². The number of aromatic hydroxyl groups is 1. The van der Waals surface area contributed by atoms with Gasteiger partial charge < -0.3 is 5.11 Å². The number of nitrogens with zero attached hydrogens (tertiary/aromatic N) is 2. The molecule has 128 valence electrons. The molecule has 3 aromatic rings. The van der Waals surface area contributed by atoms with Gasteiger partial charge in [-0.3, -0.25) is 9.97 Å². The van der Waals surface area contributed by atoms with E-state index in [0.717, 1.165) is 16.8 Å². The first-order valence-corrected chi connectivity index (χ1v) is 8.59. The summed E-state index contributed by atoms with van der Waals surface area (Å²) in [5.41, 5.74) is 5.27. The molecule has 2 aromatic heterocycles. The van der Waals surface area contributed by atoms with Crippen molar-refractivity contribution in [3.63, 3.8) is 0 Å². The van der Waals surface area contributed by atoms with Crippen LogP contribution in [0.2, 0.25) is 0 Å². The van der Waals surface area contributed by atoms with Crippen LogP contribution in [0.3, 0.4) is 0 Å². The number of hydrogen-bond donors (Lipinski definition) is 1. The topological polar surface area (TPSA) is 46.0 Å². The van der Waals surface area contributed by atoms with E-state index in [2.05, 4.69) is 69.1 Å². The van der Waals surface area contributed by atoms with Gasteiger partial charge in [-0.05, 0) is 48.6 Å². The normalized spacial score (nSPS) is 13.6. The summed E-state index contributed by atoms with van der Waals surface area (Å²) in [6.45, 7) is 8.77. The van der Waals surface area contributed by atoms with Crippen LogP contribution in [-0.2, 0) is 5.41 Å². The smallest absolute Gasteiger partial charge is 0.134 e. The first-order valence-electron chi connectivity index (χ1n) is 8.59. The molecule has 0 radical (unpaired) electrons. The largest absolute Gasteiger partial charge is 0.506 e. The van der Waals surface area contributed by atoms with Crippen molar-refractivity contribution < 1.29 is 5.11 Å². The maximum atomic E-state index is 9.63. The summed E-state index contributed by atoms with van der Waals surface area (Å²) >= 11 is 0. The maximum absolute atomic E-state index is 9.63. The van der Waals surface area contributed by atoms with Crippen LogP contribution in [0.1, 0.15) is 37.6 Å². The fraction of sp³-hybridized carbons (Fsp3) is 0.273. The molecule has 0 amide bonds. The molecule has 0 saturated heterocycles. The van der Waals surface area contributed by atoms with Crippen molar-refractivity contribution in [3.8, 4) is 16.9 Å². The molecule has 0 fully saturated rings. The Balaban J connectivity index is 2.02. The Labute approximate surface area is 149 Å². The summed E-state index contributed by atoms with van der Waals surface area (Å²) in [5.74, 6) is 0.577. The molecule has 1 N–H and O–H groups in total. The highest BCUT2D eigenvalue weighted by Gasteiger charge is 2.33. The van der Waals surface area contributed by atoms with Crippen molar-refractivity contribution >= 4 is 0 Å². The number of benzene rings is 1. The zero-order valence-corrected chi connectivity index (χ0v) is 15.2. The minimum Gasteiger partial charge on any atom is -0.506 e. The van der Waals surface area contributed by atoms with E-state index in [-0.39, 0.29) is 11.2 Å². The van der Waals surface area contributed by atoms with E-state index in [1.54, 1.807) is 12.3 Å². The molecule has 0 aliphatic rings. The lowest BCUT2D eigenvalue weighted by atomic mass is 9.70. The van der Waals surface area contributed by atoms with Crippen LogP contribution < -0.4 is 0 Å². The van der Waals surface area contributed by atoms with Crippen LogP contribution in [0.5, 0.6) is 5.75 Å². The van der Waals surface area contributed by atoms with Crippen molar-refractivity contribution in [2.75, 3.05) is 0 Å². The summed E-state index contributed by atoms with van der Waals surface area (Å²) in [7, 11) is 0. The monoisotopic (exact) mass is 332 g/mol. The summed E-state index contributed by atoms with van der Waals surface area (Å²) in [6.07, 6.45) is 5.14.